The van der Waals surface area contributed by atoms with Crippen molar-refractivity contribution < 1.29 is 8.42 Å². The van der Waals surface area contributed by atoms with Gasteiger partial charge in [-0.25, -0.2) is 8.42 Å². The normalized spacial score (nSPS) is 12.0. The Morgan fingerprint density at radius 2 is 2.00 bits per heavy atom. The molecule has 114 valence electrons. The molecule has 0 fully saturated rings. The maximum absolute atomic E-state index is 12.7. The zero-order valence-electron chi connectivity index (χ0n) is 12.0. The third-order valence-corrected chi connectivity index (χ3v) is 4.93. The van der Waals surface area contributed by atoms with E-state index < -0.39 is 10.0 Å². The molecule has 2 N–H and O–H groups in total. The van der Waals surface area contributed by atoms with E-state index in [1.54, 1.807) is 7.05 Å². The first-order valence-electron chi connectivity index (χ1n) is 6.77. The van der Waals surface area contributed by atoms with Gasteiger partial charge >= 0.3 is 0 Å². The van der Waals surface area contributed by atoms with Gasteiger partial charge in [-0.3, -0.25) is 4.68 Å². The molecular weight excluding hydrogens is 288 g/mol. The summed E-state index contributed by atoms with van der Waals surface area (Å²) < 4.78 is 28.3. The van der Waals surface area contributed by atoms with Crippen molar-refractivity contribution in [2.24, 2.45) is 12.8 Å². The molecule has 0 aliphatic rings. The number of nitrogens with zero attached hydrogens (tertiary/aromatic N) is 3. The molecule has 0 atom stereocenters. The molecule has 0 saturated carbocycles. The number of aryl methyl sites for hydroxylation is 1. The van der Waals surface area contributed by atoms with Gasteiger partial charge in [0.25, 0.3) is 0 Å². The predicted molar refractivity (Wildman–Crippen MR) is 80.9 cm³/mol. The minimum atomic E-state index is -3.56. The highest BCUT2D eigenvalue weighted by molar-refractivity contribution is 7.89. The van der Waals surface area contributed by atoms with Crippen LogP contribution in [0.15, 0.2) is 47.6 Å². The van der Waals surface area contributed by atoms with Crippen molar-refractivity contribution in [1.82, 2.24) is 14.1 Å². The average Bonchev–Trinajstić information content (AvgIpc) is 2.92. The Hall–Kier alpha value is -1.70. The lowest BCUT2D eigenvalue weighted by Crippen LogP contribution is -2.32. The van der Waals surface area contributed by atoms with Crippen molar-refractivity contribution >= 4 is 10.0 Å². The fourth-order valence-electron chi connectivity index (χ4n) is 2.02. The number of nitrogens with two attached hydrogens (primary N) is 1. The molecule has 1 aromatic heterocycles. The quantitative estimate of drug-likeness (QED) is 0.826. The fraction of sp³-hybridized carbons (Fsp3) is 0.357. The van der Waals surface area contributed by atoms with E-state index in [1.165, 1.54) is 21.4 Å². The van der Waals surface area contributed by atoms with Gasteiger partial charge in [-0.05, 0) is 18.5 Å². The van der Waals surface area contributed by atoms with Crippen LogP contribution in [0.2, 0.25) is 0 Å². The molecule has 0 aliphatic heterocycles. The highest BCUT2D eigenvalue weighted by atomic mass is 32.2. The van der Waals surface area contributed by atoms with Crippen LogP contribution in [0.3, 0.4) is 0 Å². The van der Waals surface area contributed by atoms with E-state index in [2.05, 4.69) is 5.10 Å². The molecule has 2 rings (SSSR count). The zero-order chi connectivity index (χ0) is 15.3. The van der Waals surface area contributed by atoms with E-state index in [0.717, 1.165) is 5.56 Å². The topological polar surface area (TPSA) is 81.2 Å². The van der Waals surface area contributed by atoms with Crippen LogP contribution in [0.25, 0.3) is 0 Å². The van der Waals surface area contributed by atoms with E-state index in [-0.39, 0.29) is 4.90 Å². The molecule has 0 unspecified atom stereocenters. The Balaban J connectivity index is 2.26. The first kappa shape index (κ1) is 15.7. The molecular formula is C14H20N4O2S. The lowest BCUT2D eigenvalue weighted by molar-refractivity contribution is 0.401. The second-order valence-electron chi connectivity index (χ2n) is 4.82. The maximum atomic E-state index is 12.7. The van der Waals surface area contributed by atoms with E-state index >= 15 is 0 Å². The second kappa shape index (κ2) is 6.84. The third kappa shape index (κ3) is 3.90. The molecule has 0 saturated heterocycles. The summed E-state index contributed by atoms with van der Waals surface area (Å²) in [7, 11) is -1.86. The van der Waals surface area contributed by atoms with Crippen LogP contribution in [-0.2, 0) is 23.6 Å². The predicted octanol–water partition coefficient (Wildman–Crippen LogP) is 0.960. The summed E-state index contributed by atoms with van der Waals surface area (Å²) in [5.41, 5.74) is 6.46. The van der Waals surface area contributed by atoms with Gasteiger partial charge in [-0.1, -0.05) is 30.3 Å². The van der Waals surface area contributed by atoms with Gasteiger partial charge in [-0.2, -0.15) is 9.40 Å². The molecule has 0 bridgehead atoms. The monoisotopic (exact) mass is 308 g/mol. The van der Waals surface area contributed by atoms with Crippen molar-refractivity contribution in [2.45, 2.75) is 17.9 Å². The Labute approximate surface area is 125 Å². The number of rotatable bonds is 7. The number of hydrogen-bond acceptors (Lipinski definition) is 4. The zero-order valence-corrected chi connectivity index (χ0v) is 12.8. The van der Waals surface area contributed by atoms with E-state index in [1.807, 2.05) is 30.3 Å². The third-order valence-electron chi connectivity index (χ3n) is 3.13. The van der Waals surface area contributed by atoms with Crippen molar-refractivity contribution in [1.29, 1.82) is 0 Å². The first-order chi connectivity index (χ1) is 10.0. The number of sulfonamides is 1. The summed E-state index contributed by atoms with van der Waals surface area (Å²) in [4.78, 5) is 0.206. The van der Waals surface area contributed by atoms with Gasteiger partial charge in [0.1, 0.15) is 4.90 Å². The highest BCUT2D eigenvalue weighted by Crippen LogP contribution is 2.18. The highest BCUT2D eigenvalue weighted by Gasteiger charge is 2.25. The molecule has 0 radical (unpaired) electrons. The summed E-state index contributed by atoms with van der Waals surface area (Å²) in [6, 6.07) is 9.52. The van der Waals surface area contributed by atoms with Gasteiger partial charge in [0.2, 0.25) is 10.0 Å². The van der Waals surface area contributed by atoms with Crippen molar-refractivity contribution in [3.63, 3.8) is 0 Å². The van der Waals surface area contributed by atoms with Crippen LogP contribution in [0.1, 0.15) is 12.0 Å². The van der Waals surface area contributed by atoms with Crippen LogP contribution >= 0.6 is 0 Å². The minimum Gasteiger partial charge on any atom is -0.330 e. The summed E-state index contributed by atoms with van der Waals surface area (Å²) in [5, 5.41) is 3.94. The van der Waals surface area contributed by atoms with Gasteiger partial charge in [0.05, 0.1) is 6.20 Å². The Kier molecular flexibility index (Phi) is 5.11. The van der Waals surface area contributed by atoms with Gasteiger partial charge in [0, 0.05) is 26.3 Å². The SMILES string of the molecule is Cn1cc(S(=O)(=O)N(CCCN)Cc2ccccc2)cn1. The van der Waals surface area contributed by atoms with Crippen LogP contribution < -0.4 is 5.73 Å². The molecule has 7 heteroatoms. The molecule has 21 heavy (non-hydrogen) atoms. The van der Waals surface area contributed by atoms with E-state index in [4.69, 9.17) is 5.73 Å². The average molecular weight is 308 g/mol. The van der Waals surface area contributed by atoms with E-state index in [0.29, 0.717) is 26.1 Å². The van der Waals surface area contributed by atoms with Crippen LogP contribution in [0.4, 0.5) is 0 Å². The Bertz CT molecular complexity index is 667. The maximum Gasteiger partial charge on any atom is 0.246 e. The standard InChI is InChI=1S/C14H20N4O2S/c1-17-12-14(10-16-17)21(19,20)18(9-5-8-15)11-13-6-3-2-4-7-13/h2-4,6-7,10,12H,5,8-9,11,15H2,1H3. The Morgan fingerprint density at radius 1 is 1.29 bits per heavy atom. The van der Waals surface area contributed by atoms with Crippen molar-refractivity contribution in [3.05, 3.63) is 48.3 Å². The number of benzene rings is 1. The summed E-state index contributed by atoms with van der Waals surface area (Å²) >= 11 is 0. The second-order valence-corrected chi connectivity index (χ2v) is 6.75. The molecule has 1 aromatic carbocycles. The number of hydrogen-bond donors (Lipinski definition) is 1. The van der Waals surface area contributed by atoms with Gasteiger partial charge in [0.15, 0.2) is 0 Å². The van der Waals surface area contributed by atoms with Gasteiger partial charge in [-0.15, -0.1) is 0 Å². The fourth-order valence-corrected chi connectivity index (χ4v) is 3.47. The van der Waals surface area contributed by atoms with Gasteiger partial charge < -0.3 is 5.73 Å². The summed E-state index contributed by atoms with van der Waals surface area (Å²) in [6.45, 7) is 1.18. The lowest BCUT2D eigenvalue weighted by Gasteiger charge is -2.21. The molecule has 0 spiro atoms. The van der Waals surface area contributed by atoms with Crippen LogP contribution in [0.5, 0.6) is 0 Å². The molecule has 1 heterocycles. The van der Waals surface area contributed by atoms with Crippen LogP contribution in [-0.4, -0.2) is 35.6 Å². The van der Waals surface area contributed by atoms with Crippen molar-refractivity contribution in [2.75, 3.05) is 13.1 Å². The first-order valence-corrected chi connectivity index (χ1v) is 8.21. The Morgan fingerprint density at radius 3 is 2.57 bits per heavy atom. The van der Waals surface area contributed by atoms with Crippen molar-refractivity contribution in [3.8, 4) is 0 Å². The largest absolute Gasteiger partial charge is 0.330 e. The molecule has 0 amide bonds. The lowest BCUT2D eigenvalue weighted by atomic mass is 10.2. The molecule has 6 nitrogen and oxygen atoms in total. The van der Waals surface area contributed by atoms with E-state index in [9.17, 15) is 8.42 Å². The summed E-state index contributed by atoms with van der Waals surface area (Å²) in [6.07, 6.45) is 3.50. The number of aromatic nitrogens is 2. The van der Waals surface area contributed by atoms with Crippen LogP contribution in [0, 0.1) is 0 Å². The smallest absolute Gasteiger partial charge is 0.246 e. The summed E-state index contributed by atoms with van der Waals surface area (Å²) in [5.74, 6) is 0. The molecule has 0 aliphatic carbocycles. The molecule has 2 aromatic rings. The minimum absolute atomic E-state index is 0.206.